The molecule has 0 heterocycles. The Bertz CT molecular complexity index is 925. The first-order valence-electron chi connectivity index (χ1n) is 10.2. The van der Waals surface area contributed by atoms with Crippen molar-refractivity contribution in [2.45, 2.75) is 39.7 Å². The van der Waals surface area contributed by atoms with Crippen LogP contribution in [0.4, 0.5) is 11.4 Å². The van der Waals surface area contributed by atoms with E-state index >= 15 is 0 Å². The molecule has 0 spiro atoms. The molecule has 1 N–H and O–H groups in total. The minimum Gasteiger partial charge on any atom is -0.375 e. The number of carbonyl (C=O) groups excluding carboxylic acids is 1. The van der Waals surface area contributed by atoms with Crippen molar-refractivity contribution in [3.8, 4) is 0 Å². The van der Waals surface area contributed by atoms with E-state index in [9.17, 15) is 13.2 Å². The summed E-state index contributed by atoms with van der Waals surface area (Å²) >= 11 is 0. The molecular formula is C23H33N3O3S. The van der Waals surface area contributed by atoms with Crippen molar-refractivity contribution < 1.29 is 13.2 Å². The third kappa shape index (κ3) is 6.49. The van der Waals surface area contributed by atoms with Gasteiger partial charge in [0, 0.05) is 25.8 Å². The highest BCUT2D eigenvalue weighted by Gasteiger charge is 2.31. The number of rotatable bonds is 10. The van der Waals surface area contributed by atoms with Crippen LogP contribution in [0.1, 0.15) is 30.9 Å². The van der Waals surface area contributed by atoms with E-state index in [0.29, 0.717) is 18.7 Å². The van der Waals surface area contributed by atoms with Crippen LogP contribution in [0, 0.1) is 13.8 Å². The smallest absolute Gasteiger partial charge is 0.243 e. The average molecular weight is 432 g/mol. The summed E-state index contributed by atoms with van der Waals surface area (Å²) in [5, 5.41) is 2.92. The fraction of sp³-hybridized carbons (Fsp3) is 0.435. The Kier molecular flexibility index (Phi) is 8.29. The van der Waals surface area contributed by atoms with Crippen LogP contribution in [0.2, 0.25) is 0 Å². The maximum absolute atomic E-state index is 12.9. The lowest BCUT2D eigenvalue weighted by Gasteiger charge is -2.30. The number of amides is 1. The van der Waals surface area contributed by atoms with E-state index in [1.54, 1.807) is 12.1 Å². The second-order valence-corrected chi connectivity index (χ2v) is 9.59. The molecule has 1 amide bonds. The fourth-order valence-corrected chi connectivity index (χ4v) is 4.79. The topological polar surface area (TPSA) is 69.7 Å². The Morgan fingerprint density at radius 3 is 2.17 bits per heavy atom. The summed E-state index contributed by atoms with van der Waals surface area (Å²) in [6.45, 7) is 6.93. The Labute approximate surface area is 180 Å². The van der Waals surface area contributed by atoms with E-state index in [1.807, 2.05) is 64.2 Å². The summed E-state index contributed by atoms with van der Waals surface area (Å²) in [5.41, 5.74) is 3.56. The van der Waals surface area contributed by atoms with Crippen LogP contribution in [-0.4, -0.2) is 46.8 Å². The van der Waals surface area contributed by atoms with Gasteiger partial charge in [-0.2, -0.15) is 0 Å². The second kappa shape index (κ2) is 10.5. The first kappa shape index (κ1) is 23.7. The number of benzene rings is 2. The molecule has 0 unspecified atom stereocenters. The quantitative estimate of drug-likeness (QED) is 0.585. The molecule has 0 fully saturated rings. The molecule has 0 radical (unpaired) electrons. The monoisotopic (exact) mass is 431 g/mol. The minimum absolute atomic E-state index is 0.274. The van der Waals surface area contributed by atoms with Crippen LogP contribution in [0.25, 0.3) is 0 Å². The molecule has 2 rings (SSSR count). The highest BCUT2D eigenvalue weighted by atomic mass is 32.2. The van der Waals surface area contributed by atoms with Gasteiger partial charge in [0.1, 0.15) is 6.04 Å². The van der Waals surface area contributed by atoms with Crippen molar-refractivity contribution in [3.63, 3.8) is 0 Å². The number of anilines is 2. The summed E-state index contributed by atoms with van der Waals surface area (Å²) < 4.78 is 26.4. The predicted molar refractivity (Wildman–Crippen MR) is 125 cm³/mol. The van der Waals surface area contributed by atoms with E-state index in [-0.39, 0.29) is 5.91 Å². The maximum Gasteiger partial charge on any atom is 0.243 e. The summed E-state index contributed by atoms with van der Waals surface area (Å²) in [7, 11) is -1.61. The van der Waals surface area contributed by atoms with Crippen LogP contribution < -0.4 is 14.5 Å². The van der Waals surface area contributed by atoms with Crippen molar-refractivity contribution in [1.29, 1.82) is 0 Å². The number of nitrogens with one attached hydrogen (secondary N) is 1. The number of hydrogen-bond donors (Lipinski definition) is 1. The number of nitrogens with zero attached hydrogens (tertiary/aromatic N) is 2. The van der Waals surface area contributed by atoms with Crippen molar-refractivity contribution in [1.82, 2.24) is 5.32 Å². The highest BCUT2D eigenvalue weighted by Crippen LogP contribution is 2.25. The first-order valence-corrected chi connectivity index (χ1v) is 12.1. The van der Waals surface area contributed by atoms with Crippen molar-refractivity contribution >= 4 is 27.3 Å². The number of para-hydroxylation sites is 1. The van der Waals surface area contributed by atoms with Crippen LogP contribution >= 0.6 is 0 Å². The zero-order valence-electron chi connectivity index (χ0n) is 18.6. The molecule has 6 nitrogen and oxygen atoms in total. The Balaban J connectivity index is 2.05. The molecule has 0 aliphatic rings. The predicted octanol–water partition coefficient (Wildman–Crippen LogP) is 3.49. The Hall–Kier alpha value is -2.54. The van der Waals surface area contributed by atoms with E-state index < -0.39 is 16.1 Å². The highest BCUT2D eigenvalue weighted by molar-refractivity contribution is 7.92. The van der Waals surface area contributed by atoms with E-state index in [2.05, 4.69) is 10.2 Å². The molecule has 1 atom stereocenters. The van der Waals surface area contributed by atoms with Crippen molar-refractivity contribution in [3.05, 3.63) is 59.7 Å². The third-order valence-electron chi connectivity index (χ3n) is 4.96. The van der Waals surface area contributed by atoms with Gasteiger partial charge in [-0.3, -0.25) is 9.10 Å². The largest absolute Gasteiger partial charge is 0.375 e. The summed E-state index contributed by atoms with van der Waals surface area (Å²) in [4.78, 5) is 15.0. The molecule has 0 aliphatic carbocycles. The van der Waals surface area contributed by atoms with Crippen molar-refractivity contribution in [2.75, 3.05) is 35.6 Å². The SMILES string of the molecule is CC[C@H](C(=O)NCCCN(C)c1ccccc1)N(c1cc(C)cc(C)c1)S(C)(=O)=O. The van der Waals surface area contributed by atoms with Crippen LogP contribution in [0.3, 0.4) is 0 Å². The number of aryl methyl sites for hydroxylation is 2. The van der Waals surface area contributed by atoms with E-state index in [4.69, 9.17) is 0 Å². The maximum atomic E-state index is 12.9. The Morgan fingerprint density at radius 1 is 1.03 bits per heavy atom. The molecule has 7 heteroatoms. The van der Waals surface area contributed by atoms with Gasteiger partial charge >= 0.3 is 0 Å². The molecule has 0 bridgehead atoms. The fourth-order valence-electron chi connectivity index (χ4n) is 3.60. The molecule has 0 saturated heterocycles. The molecule has 30 heavy (non-hydrogen) atoms. The lowest BCUT2D eigenvalue weighted by Crippen LogP contribution is -2.49. The first-order chi connectivity index (χ1) is 14.1. The molecule has 164 valence electrons. The van der Waals surface area contributed by atoms with E-state index in [0.717, 1.165) is 36.0 Å². The molecule has 0 aromatic heterocycles. The van der Waals surface area contributed by atoms with Crippen LogP contribution in [0.5, 0.6) is 0 Å². The standard InChI is InChI=1S/C23H33N3O3S/c1-6-22(26(30(5,28)29)21-16-18(2)15-19(3)17-21)23(27)24-13-10-14-25(4)20-11-8-7-9-12-20/h7-9,11-12,15-17,22H,6,10,13-14H2,1-5H3,(H,24,27)/t22-/m1/s1. The van der Waals surface area contributed by atoms with E-state index in [1.165, 1.54) is 4.31 Å². The minimum atomic E-state index is -3.62. The molecule has 2 aromatic rings. The Morgan fingerprint density at radius 2 is 1.63 bits per heavy atom. The zero-order valence-corrected chi connectivity index (χ0v) is 19.4. The van der Waals surface area contributed by atoms with Crippen molar-refractivity contribution in [2.24, 2.45) is 0 Å². The van der Waals surface area contributed by atoms with Gasteiger partial charge in [-0.25, -0.2) is 8.42 Å². The summed E-state index contributed by atoms with van der Waals surface area (Å²) in [6.07, 6.45) is 2.29. The lowest BCUT2D eigenvalue weighted by atomic mass is 10.1. The number of sulfonamides is 1. The van der Waals surface area contributed by atoms with Gasteiger partial charge < -0.3 is 10.2 Å². The van der Waals surface area contributed by atoms with Gasteiger partial charge in [0.15, 0.2) is 0 Å². The molecule has 0 saturated carbocycles. The zero-order chi connectivity index (χ0) is 22.3. The van der Waals surface area contributed by atoms with Crippen LogP contribution in [-0.2, 0) is 14.8 Å². The van der Waals surface area contributed by atoms with Crippen LogP contribution in [0.15, 0.2) is 48.5 Å². The number of hydrogen-bond acceptors (Lipinski definition) is 4. The van der Waals surface area contributed by atoms with Gasteiger partial charge in [0.2, 0.25) is 15.9 Å². The van der Waals surface area contributed by atoms with Gasteiger partial charge in [-0.15, -0.1) is 0 Å². The number of carbonyl (C=O) groups is 1. The van der Waals surface area contributed by atoms with Gasteiger partial charge in [-0.1, -0.05) is 31.2 Å². The molecular weight excluding hydrogens is 398 g/mol. The third-order valence-corrected chi connectivity index (χ3v) is 6.14. The molecule has 0 aliphatic heterocycles. The summed E-state index contributed by atoms with van der Waals surface area (Å²) in [6, 6.07) is 14.8. The normalized spacial score (nSPS) is 12.3. The van der Waals surface area contributed by atoms with Gasteiger partial charge in [0.05, 0.1) is 11.9 Å². The van der Waals surface area contributed by atoms with Gasteiger partial charge in [-0.05, 0) is 62.1 Å². The second-order valence-electron chi connectivity index (χ2n) is 7.73. The molecule has 2 aromatic carbocycles. The average Bonchev–Trinajstić information content (AvgIpc) is 2.67. The summed E-state index contributed by atoms with van der Waals surface area (Å²) in [5.74, 6) is -0.274. The van der Waals surface area contributed by atoms with Gasteiger partial charge in [0.25, 0.3) is 0 Å². The lowest BCUT2D eigenvalue weighted by molar-refractivity contribution is -0.122.